The van der Waals surface area contributed by atoms with Crippen molar-refractivity contribution in [1.29, 1.82) is 0 Å². The number of rotatable bonds is 5. The Labute approximate surface area is 149 Å². The molecule has 138 valence electrons. The standard InChI is InChI=1S/C19H28FN3O2/c1-19(2,11-10-17(24)21-3)22-18(25)23-12-5-4-9-16(23)14-7-6-8-15(20)13-14/h6-8,13,16H,4-5,9-12H2,1-3H3,(H,21,24)(H,22,25)/t16-/m0/s1. The molecule has 1 aromatic carbocycles. The van der Waals surface area contributed by atoms with Crippen LogP contribution in [0.5, 0.6) is 0 Å². The van der Waals surface area contributed by atoms with Crippen molar-refractivity contribution in [3.05, 3.63) is 35.6 Å². The number of carbonyl (C=O) groups excluding carboxylic acids is 2. The van der Waals surface area contributed by atoms with Crippen LogP contribution in [-0.4, -0.2) is 36.0 Å². The van der Waals surface area contributed by atoms with Crippen LogP contribution in [0.1, 0.15) is 57.6 Å². The average molecular weight is 349 g/mol. The minimum atomic E-state index is -0.493. The van der Waals surface area contributed by atoms with Crippen molar-refractivity contribution in [3.8, 4) is 0 Å². The van der Waals surface area contributed by atoms with Crippen LogP contribution < -0.4 is 10.6 Å². The maximum Gasteiger partial charge on any atom is 0.318 e. The molecule has 1 aliphatic rings. The molecule has 0 bridgehead atoms. The van der Waals surface area contributed by atoms with E-state index in [9.17, 15) is 14.0 Å². The molecule has 1 heterocycles. The molecule has 0 radical (unpaired) electrons. The van der Waals surface area contributed by atoms with Gasteiger partial charge in [0.15, 0.2) is 0 Å². The molecule has 1 aromatic rings. The summed E-state index contributed by atoms with van der Waals surface area (Å²) in [5.74, 6) is -0.327. The van der Waals surface area contributed by atoms with E-state index in [4.69, 9.17) is 0 Å². The number of hydrogen-bond donors (Lipinski definition) is 2. The summed E-state index contributed by atoms with van der Waals surface area (Å²) in [6.07, 6.45) is 3.70. The monoisotopic (exact) mass is 349 g/mol. The van der Waals surface area contributed by atoms with Crippen LogP contribution in [0.25, 0.3) is 0 Å². The molecule has 3 amide bonds. The van der Waals surface area contributed by atoms with Gasteiger partial charge in [-0.25, -0.2) is 9.18 Å². The molecule has 0 aliphatic carbocycles. The van der Waals surface area contributed by atoms with E-state index >= 15 is 0 Å². The van der Waals surface area contributed by atoms with E-state index in [1.54, 1.807) is 18.0 Å². The van der Waals surface area contributed by atoms with Gasteiger partial charge in [-0.2, -0.15) is 0 Å². The fraction of sp³-hybridized carbons (Fsp3) is 0.579. The van der Waals surface area contributed by atoms with Crippen molar-refractivity contribution in [1.82, 2.24) is 15.5 Å². The van der Waals surface area contributed by atoms with Gasteiger partial charge >= 0.3 is 6.03 Å². The number of hydrogen-bond acceptors (Lipinski definition) is 2. The second-order valence-corrected chi connectivity index (χ2v) is 7.25. The third-order valence-corrected chi connectivity index (χ3v) is 4.70. The van der Waals surface area contributed by atoms with Gasteiger partial charge in [-0.15, -0.1) is 0 Å². The lowest BCUT2D eigenvalue weighted by Gasteiger charge is -2.38. The third kappa shape index (κ3) is 5.44. The Balaban J connectivity index is 2.06. The topological polar surface area (TPSA) is 61.4 Å². The fourth-order valence-electron chi connectivity index (χ4n) is 3.21. The number of nitrogens with zero attached hydrogens (tertiary/aromatic N) is 1. The normalized spacial score (nSPS) is 17.9. The molecular weight excluding hydrogens is 321 g/mol. The quantitative estimate of drug-likeness (QED) is 0.856. The van der Waals surface area contributed by atoms with Gasteiger partial charge in [-0.3, -0.25) is 4.79 Å². The number of urea groups is 1. The molecular formula is C19H28FN3O2. The van der Waals surface area contributed by atoms with Crippen LogP contribution >= 0.6 is 0 Å². The van der Waals surface area contributed by atoms with Gasteiger partial charge in [0.2, 0.25) is 5.91 Å². The second kappa shape index (κ2) is 8.32. The molecule has 1 aliphatic heterocycles. The Morgan fingerprint density at radius 2 is 2.08 bits per heavy atom. The van der Waals surface area contributed by atoms with Crippen LogP contribution in [0.2, 0.25) is 0 Å². The summed E-state index contributed by atoms with van der Waals surface area (Å²) >= 11 is 0. The molecule has 1 atom stereocenters. The number of likely N-dealkylation sites (tertiary alicyclic amines) is 1. The fourth-order valence-corrected chi connectivity index (χ4v) is 3.21. The van der Waals surface area contributed by atoms with Gasteiger partial charge < -0.3 is 15.5 Å². The van der Waals surface area contributed by atoms with Crippen molar-refractivity contribution < 1.29 is 14.0 Å². The minimum Gasteiger partial charge on any atom is -0.359 e. The average Bonchev–Trinajstić information content (AvgIpc) is 2.59. The summed E-state index contributed by atoms with van der Waals surface area (Å²) in [6, 6.07) is 6.21. The molecule has 1 fully saturated rings. The summed E-state index contributed by atoms with van der Waals surface area (Å²) in [5.41, 5.74) is 0.339. The van der Waals surface area contributed by atoms with E-state index in [0.717, 1.165) is 24.8 Å². The maximum atomic E-state index is 13.6. The highest BCUT2D eigenvalue weighted by molar-refractivity contribution is 5.77. The molecule has 0 spiro atoms. The van der Waals surface area contributed by atoms with Gasteiger partial charge in [-0.1, -0.05) is 12.1 Å². The molecule has 6 heteroatoms. The number of carbonyl (C=O) groups is 2. The van der Waals surface area contributed by atoms with E-state index in [-0.39, 0.29) is 23.8 Å². The Morgan fingerprint density at radius 3 is 2.76 bits per heavy atom. The first-order valence-electron chi connectivity index (χ1n) is 8.87. The summed E-state index contributed by atoms with van der Waals surface area (Å²) in [4.78, 5) is 26.1. The first-order valence-corrected chi connectivity index (χ1v) is 8.87. The first kappa shape index (κ1) is 19.2. The van der Waals surface area contributed by atoms with E-state index in [1.807, 2.05) is 19.9 Å². The lowest BCUT2D eigenvalue weighted by molar-refractivity contribution is -0.121. The van der Waals surface area contributed by atoms with E-state index in [1.165, 1.54) is 12.1 Å². The van der Waals surface area contributed by atoms with Crippen LogP contribution in [-0.2, 0) is 4.79 Å². The van der Waals surface area contributed by atoms with E-state index in [0.29, 0.717) is 19.4 Å². The predicted molar refractivity (Wildman–Crippen MR) is 95.6 cm³/mol. The molecule has 0 saturated carbocycles. The molecule has 5 nitrogen and oxygen atoms in total. The van der Waals surface area contributed by atoms with Crippen molar-refractivity contribution >= 4 is 11.9 Å². The van der Waals surface area contributed by atoms with E-state index in [2.05, 4.69) is 10.6 Å². The van der Waals surface area contributed by atoms with Crippen molar-refractivity contribution in [2.75, 3.05) is 13.6 Å². The minimum absolute atomic E-state index is 0.0436. The Kier molecular flexibility index (Phi) is 6.39. The Morgan fingerprint density at radius 1 is 1.32 bits per heavy atom. The number of amides is 3. The smallest absolute Gasteiger partial charge is 0.318 e. The Hall–Kier alpha value is -2.11. The van der Waals surface area contributed by atoms with Crippen LogP contribution in [0.3, 0.4) is 0 Å². The summed E-state index contributed by atoms with van der Waals surface area (Å²) in [5, 5.41) is 5.62. The van der Waals surface area contributed by atoms with Crippen LogP contribution in [0.15, 0.2) is 24.3 Å². The number of halogens is 1. The highest BCUT2D eigenvalue weighted by atomic mass is 19.1. The molecule has 0 unspecified atom stereocenters. The maximum absolute atomic E-state index is 13.6. The second-order valence-electron chi connectivity index (χ2n) is 7.25. The molecule has 0 aromatic heterocycles. The van der Waals surface area contributed by atoms with Gasteiger partial charge in [0.05, 0.1) is 6.04 Å². The lowest BCUT2D eigenvalue weighted by atomic mass is 9.94. The molecule has 1 saturated heterocycles. The van der Waals surface area contributed by atoms with Gasteiger partial charge in [0, 0.05) is 25.6 Å². The number of nitrogens with one attached hydrogen (secondary N) is 2. The third-order valence-electron chi connectivity index (χ3n) is 4.70. The number of piperidine rings is 1. The van der Waals surface area contributed by atoms with Crippen molar-refractivity contribution in [2.24, 2.45) is 0 Å². The zero-order valence-electron chi connectivity index (χ0n) is 15.3. The zero-order valence-corrected chi connectivity index (χ0v) is 15.3. The largest absolute Gasteiger partial charge is 0.359 e. The Bertz CT molecular complexity index is 618. The van der Waals surface area contributed by atoms with Gasteiger partial charge in [0.1, 0.15) is 5.82 Å². The lowest BCUT2D eigenvalue weighted by Crippen LogP contribution is -2.52. The summed E-state index contributed by atoms with van der Waals surface area (Å²) < 4.78 is 13.6. The highest BCUT2D eigenvalue weighted by Gasteiger charge is 2.31. The predicted octanol–water partition coefficient (Wildman–Crippen LogP) is 3.37. The molecule has 25 heavy (non-hydrogen) atoms. The SMILES string of the molecule is CNC(=O)CCC(C)(C)NC(=O)N1CCCC[C@H]1c1cccc(F)c1. The zero-order chi connectivity index (χ0) is 18.4. The first-order chi connectivity index (χ1) is 11.8. The van der Waals surface area contributed by atoms with Gasteiger partial charge in [0.25, 0.3) is 0 Å². The van der Waals surface area contributed by atoms with Crippen molar-refractivity contribution in [3.63, 3.8) is 0 Å². The molecule has 2 N–H and O–H groups in total. The molecule has 2 rings (SSSR count). The van der Waals surface area contributed by atoms with Gasteiger partial charge in [-0.05, 0) is 57.2 Å². The van der Waals surface area contributed by atoms with Crippen molar-refractivity contribution in [2.45, 2.75) is 57.5 Å². The van der Waals surface area contributed by atoms with Crippen LogP contribution in [0, 0.1) is 5.82 Å². The van der Waals surface area contributed by atoms with Crippen LogP contribution in [0.4, 0.5) is 9.18 Å². The highest BCUT2D eigenvalue weighted by Crippen LogP contribution is 2.31. The van der Waals surface area contributed by atoms with E-state index < -0.39 is 5.54 Å². The summed E-state index contributed by atoms with van der Waals surface area (Å²) in [7, 11) is 1.60. The number of benzene rings is 1. The summed E-state index contributed by atoms with van der Waals surface area (Å²) in [6.45, 7) is 4.47.